The zero-order chi connectivity index (χ0) is 32.1. The fourth-order valence-corrected chi connectivity index (χ4v) is 8.73. The van der Waals surface area contributed by atoms with E-state index in [9.17, 15) is 9.59 Å². The first-order chi connectivity index (χ1) is 21.9. The quantitative estimate of drug-likeness (QED) is 0.183. The number of carbonyl (C=O) groups excluding carboxylic acids is 2. The van der Waals surface area contributed by atoms with Gasteiger partial charge in [0.1, 0.15) is 12.2 Å². The number of hydrogen-bond donors (Lipinski definition) is 2. The molecular formula is C39H58N2O4. The summed E-state index contributed by atoms with van der Waals surface area (Å²) in [4.78, 5) is 23.4. The van der Waals surface area contributed by atoms with Gasteiger partial charge in [-0.15, -0.1) is 0 Å². The molecule has 0 aromatic heterocycles. The van der Waals surface area contributed by atoms with Crippen LogP contribution in [0.4, 0.5) is 9.59 Å². The van der Waals surface area contributed by atoms with E-state index in [0.717, 1.165) is 64.2 Å². The van der Waals surface area contributed by atoms with Crippen molar-refractivity contribution in [3.63, 3.8) is 0 Å². The van der Waals surface area contributed by atoms with Crippen molar-refractivity contribution in [2.24, 2.45) is 23.3 Å². The van der Waals surface area contributed by atoms with Crippen molar-refractivity contribution in [1.29, 1.82) is 0 Å². The Kier molecular flexibility index (Phi) is 13.6. The fourth-order valence-electron chi connectivity index (χ4n) is 8.73. The molecule has 0 spiro atoms. The Morgan fingerprint density at radius 3 is 1.33 bits per heavy atom. The molecule has 0 atom stereocenters. The average Bonchev–Trinajstić information content (AvgIpc) is 3.04. The molecule has 4 rings (SSSR count). The van der Waals surface area contributed by atoms with Gasteiger partial charge in [-0.1, -0.05) is 101 Å². The lowest BCUT2D eigenvalue weighted by Gasteiger charge is -2.53. The summed E-state index contributed by atoms with van der Waals surface area (Å²) in [6.45, 7) is 4.54. The van der Waals surface area contributed by atoms with Crippen molar-refractivity contribution in [3.05, 3.63) is 70.8 Å². The molecule has 2 aromatic rings. The molecule has 248 valence electrons. The van der Waals surface area contributed by atoms with E-state index in [0.29, 0.717) is 11.8 Å². The molecule has 0 bridgehead atoms. The van der Waals surface area contributed by atoms with Crippen LogP contribution in [0.3, 0.4) is 0 Å². The summed E-state index contributed by atoms with van der Waals surface area (Å²) in [5.41, 5.74) is 16.6. The molecule has 6 nitrogen and oxygen atoms in total. The number of ether oxygens (including phenoxy) is 2. The molecule has 0 unspecified atom stereocenters. The molecule has 2 aromatic carbocycles. The van der Waals surface area contributed by atoms with Crippen LogP contribution in [0.25, 0.3) is 0 Å². The van der Waals surface area contributed by atoms with Gasteiger partial charge in [0.2, 0.25) is 0 Å². The molecule has 6 heteroatoms. The van der Waals surface area contributed by atoms with Gasteiger partial charge in [-0.05, 0) is 111 Å². The molecule has 2 aliphatic carbocycles. The maximum absolute atomic E-state index is 11.7. The SMILES string of the molecule is CCCCCCc1ccccc1C(c1ccccc1CCCCCC)(C1CCC(OC(N)=O)CC1)C1CCC(OC(N)=O)CC1. The summed E-state index contributed by atoms with van der Waals surface area (Å²) < 4.78 is 11.1. The second-order valence-corrected chi connectivity index (χ2v) is 13.6. The average molecular weight is 619 g/mol. The third kappa shape index (κ3) is 9.04. The van der Waals surface area contributed by atoms with Gasteiger partial charge in [-0.2, -0.15) is 0 Å². The number of unbranched alkanes of at least 4 members (excludes halogenated alkanes) is 6. The van der Waals surface area contributed by atoms with Crippen LogP contribution in [0.5, 0.6) is 0 Å². The van der Waals surface area contributed by atoms with Crippen molar-refractivity contribution in [3.8, 4) is 0 Å². The predicted molar refractivity (Wildman–Crippen MR) is 182 cm³/mol. The largest absolute Gasteiger partial charge is 0.446 e. The second-order valence-electron chi connectivity index (χ2n) is 13.6. The number of amides is 2. The zero-order valence-corrected chi connectivity index (χ0v) is 27.9. The number of aryl methyl sites for hydroxylation is 2. The van der Waals surface area contributed by atoms with E-state index in [4.69, 9.17) is 20.9 Å². The van der Waals surface area contributed by atoms with Crippen LogP contribution in [0.1, 0.15) is 139 Å². The van der Waals surface area contributed by atoms with Crippen molar-refractivity contribution in [1.82, 2.24) is 0 Å². The highest BCUT2D eigenvalue weighted by molar-refractivity contribution is 5.65. The highest BCUT2D eigenvalue weighted by Gasteiger charge is 2.51. The van der Waals surface area contributed by atoms with Crippen molar-refractivity contribution >= 4 is 12.2 Å². The van der Waals surface area contributed by atoms with E-state index in [1.165, 1.54) is 73.6 Å². The van der Waals surface area contributed by atoms with Gasteiger partial charge in [0, 0.05) is 5.41 Å². The maximum atomic E-state index is 11.7. The number of hydrogen-bond acceptors (Lipinski definition) is 4. The first-order valence-corrected chi connectivity index (χ1v) is 18.0. The molecule has 2 fully saturated rings. The molecule has 0 heterocycles. The topological polar surface area (TPSA) is 105 Å². The standard InChI is InChI=1S/C39H58N2O4/c1-3-5-7-9-15-29-17-11-13-19-35(29)39(31-21-25-33(26-22-31)44-37(40)42,32-23-27-34(28-24-32)45-38(41)43)36-20-14-12-18-30(36)16-10-8-6-4-2/h11-14,17-20,31-34H,3-10,15-16,21-28H2,1-2H3,(H2,40,42)(H2,41,43). The summed E-state index contributed by atoms with van der Waals surface area (Å²) in [5, 5.41) is 0. The first-order valence-electron chi connectivity index (χ1n) is 18.0. The minimum Gasteiger partial charge on any atom is -0.446 e. The van der Waals surface area contributed by atoms with Gasteiger partial charge in [0.15, 0.2) is 0 Å². The monoisotopic (exact) mass is 618 g/mol. The lowest BCUT2D eigenvalue weighted by Crippen LogP contribution is -2.49. The third-order valence-corrected chi connectivity index (χ3v) is 10.7. The summed E-state index contributed by atoms with van der Waals surface area (Å²) in [6.07, 6.45) is 17.6. The highest BCUT2D eigenvalue weighted by atomic mass is 16.6. The number of rotatable bonds is 16. The molecule has 2 aliphatic rings. The molecule has 0 aliphatic heterocycles. The lowest BCUT2D eigenvalue weighted by atomic mass is 9.51. The van der Waals surface area contributed by atoms with Gasteiger partial charge in [-0.3, -0.25) is 0 Å². The van der Waals surface area contributed by atoms with Crippen LogP contribution in [-0.2, 0) is 27.7 Å². The molecule has 2 saturated carbocycles. The zero-order valence-electron chi connectivity index (χ0n) is 27.9. The summed E-state index contributed by atoms with van der Waals surface area (Å²) in [7, 11) is 0. The highest BCUT2D eigenvalue weighted by Crippen LogP contribution is 2.56. The molecule has 2 amide bonds. The predicted octanol–water partition coefficient (Wildman–Crippen LogP) is 9.53. The van der Waals surface area contributed by atoms with Crippen LogP contribution in [-0.4, -0.2) is 24.4 Å². The van der Waals surface area contributed by atoms with E-state index in [1.807, 2.05) is 0 Å². The van der Waals surface area contributed by atoms with Crippen LogP contribution in [0.15, 0.2) is 48.5 Å². The summed E-state index contributed by atoms with van der Waals surface area (Å²) in [6, 6.07) is 18.5. The number of benzene rings is 2. The van der Waals surface area contributed by atoms with Gasteiger partial charge in [-0.25, -0.2) is 9.59 Å². The van der Waals surface area contributed by atoms with E-state index in [-0.39, 0.29) is 17.6 Å². The van der Waals surface area contributed by atoms with E-state index in [1.54, 1.807) is 0 Å². The number of primary amides is 2. The maximum Gasteiger partial charge on any atom is 0.404 e. The fraction of sp³-hybridized carbons (Fsp3) is 0.641. The van der Waals surface area contributed by atoms with Crippen molar-refractivity contribution in [2.75, 3.05) is 0 Å². The van der Waals surface area contributed by atoms with Crippen LogP contribution in [0.2, 0.25) is 0 Å². The summed E-state index contributed by atoms with van der Waals surface area (Å²) in [5.74, 6) is 0.773. The van der Waals surface area contributed by atoms with Crippen LogP contribution < -0.4 is 11.5 Å². The van der Waals surface area contributed by atoms with E-state index < -0.39 is 12.2 Å². The number of nitrogens with two attached hydrogens (primary N) is 2. The first kappa shape index (κ1) is 34.8. The Bertz CT molecular complexity index is 1100. The molecule has 0 radical (unpaired) electrons. The Morgan fingerprint density at radius 1 is 0.600 bits per heavy atom. The minimum absolute atomic E-state index is 0.121. The van der Waals surface area contributed by atoms with Crippen LogP contribution in [0, 0.1) is 11.8 Å². The number of carbonyl (C=O) groups is 2. The van der Waals surface area contributed by atoms with E-state index in [2.05, 4.69) is 62.4 Å². The molecular weight excluding hydrogens is 560 g/mol. The third-order valence-electron chi connectivity index (χ3n) is 10.7. The summed E-state index contributed by atoms with van der Waals surface area (Å²) >= 11 is 0. The van der Waals surface area contributed by atoms with Gasteiger partial charge < -0.3 is 20.9 Å². The van der Waals surface area contributed by atoms with Gasteiger partial charge >= 0.3 is 12.2 Å². The Morgan fingerprint density at radius 2 is 0.978 bits per heavy atom. The Labute approximate surface area is 272 Å². The molecule has 0 saturated heterocycles. The molecule has 4 N–H and O–H groups in total. The van der Waals surface area contributed by atoms with Crippen molar-refractivity contribution in [2.45, 2.75) is 147 Å². The normalized spacial score (nSPS) is 22.1. The van der Waals surface area contributed by atoms with Gasteiger partial charge in [0.05, 0.1) is 0 Å². The smallest absolute Gasteiger partial charge is 0.404 e. The van der Waals surface area contributed by atoms with E-state index >= 15 is 0 Å². The Balaban J connectivity index is 1.85. The molecule has 45 heavy (non-hydrogen) atoms. The van der Waals surface area contributed by atoms with Crippen LogP contribution >= 0.6 is 0 Å². The van der Waals surface area contributed by atoms with Crippen molar-refractivity contribution < 1.29 is 19.1 Å². The second kappa shape index (κ2) is 17.6. The lowest BCUT2D eigenvalue weighted by molar-refractivity contribution is 0.0274. The Hall–Kier alpha value is -3.02. The van der Waals surface area contributed by atoms with Gasteiger partial charge in [0.25, 0.3) is 0 Å². The minimum atomic E-state index is -0.674.